The quantitative estimate of drug-likeness (QED) is 0.641. The van der Waals surface area contributed by atoms with Crippen LogP contribution in [-0.4, -0.2) is 11.1 Å². The van der Waals surface area contributed by atoms with E-state index in [1.807, 2.05) is 0 Å². The van der Waals surface area contributed by atoms with Crippen LogP contribution in [0.25, 0.3) is 0 Å². The zero-order chi connectivity index (χ0) is 12.3. The molecule has 0 fully saturated rings. The van der Waals surface area contributed by atoms with Gasteiger partial charge in [0.2, 0.25) is 11.6 Å². The lowest BCUT2D eigenvalue weighted by Gasteiger charge is -2.09. The van der Waals surface area contributed by atoms with Crippen LogP contribution in [0, 0.1) is 17.6 Å². The van der Waals surface area contributed by atoms with Crippen molar-refractivity contribution in [3.63, 3.8) is 0 Å². The van der Waals surface area contributed by atoms with E-state index >= 15 is 0 Å². The van der Waals surface area contributed by atoms with Crippen molar-refractivity contribution in [2.45, 2.75) is 20.3 Å². The number of hydrogen-bond donors (Lipinski definition) is 1. The molecule has 1 rings (SSSR count). The third-order valence-electron chi connectivity index (χ3n) is 2.25. The highest BCUT2D eigenvalue weighted by Crippen LogP contribution is 2.27. The van der Waals surface area contributed by atoms with Gasteiger partial charge >= 0.3 is 5.97 Å². The summed E-state index contributed by atoms with van der Waals surface area (Å²) >= 11 is 0. The van der Waals surface area contributed by atoms with E-state index in [2.05, 4.69) is 4.74 Å². The first-order chi connectivity index (χ1) is 7.47. The number of hydrogen-bond acceptors (Lipinski definition) is 3. The average molecular weight is 230 g/mol. The van der Waals surface area contributed by atoms with Gasteiger partial charge in [0, 0.05) is 0 Å². The molecule has 3 nitrogen and oxygen atoms in total. The van der Waals surface area contributed by atoms with Gasteiger partial charge < -0.3 is 9.84 Å². The van der Waals surface area contributed by atoms with Crippen LogP contribution in [0.5, 0.6) is 11.5 Å². The van der Waals surface area contributed by atoms with Gasteiger partial charge in [0.1, 0.15) is 0 Å². The summed E-state index contributed by atoms with van der Waals surface area (Å²) in [7, 11) is 0. The molecule has 0 radical (unpaired) electrons. The number of esters is 1. The molecule has 1 atom stereocenters. The molecular weight excluding hydrogens is 218 g/mol. The molecule has 0 aliphatic heterocycles. The maximum absolute atomic E-state index is 13.2. The monoisotopic (exact) mass is 230 g/mol. The van der Waals surface area contributed by atoms with Gasteiger partial charge in [-0.1, -0.05) is 13.8 Å². The van der Waals surface area contributed by atoms with Gasteiger partial charge in [0.15, 0.2) is 11.5 Å². The lowest BCUT2D eigenvalue weighted by atomic mass is 10.1. The zero-order valence-corrected chi connectivity index (χ0v) is 8.96. The minimum atomic E-state index is -1.42. The molecule has 0 saturated heterocycles. The number of aromatic hydroxyl groups is 1. The molecule has 88 valence electrons. The predicted octanol–water partition coefficient (Wildman–Crippen LogP) is 2.62. The van der Waals surface area contributed by atoms with Crippen molar-refractivity contribution in [1.82, 2.24) is 0 Å². The van der Waals surface area contributed by atoms with E-state index in [-0.39, 0.29) is 0 Å². The molecule has 0 heterocycles. The second kappa shape index (κ2) is 4.92. The summed E-state index contributed by atoms with van der Waals surface area (Å²) in [6, 6.07) is 1.94. The smallest absolute Gasteiger partial charge is 0.314 e. The van der Waals surface area contributed by atoms with Crippen molar-refractivity contribution in [2.24, 2.45) is 5.92 Å². The highest BCUT2D eigenvalue weighted by Gasteiger charge is 2.19. The highest BCUT2D eigenvalue weighted by atomic mass is 19.2. The van der Waals surface area contributed by atoms with Gasteiger partial charge in [-0.15, -0.1) is 0 Å². The summed E-state index contributed by atoms with van der Waals surface area (Å²) in [5, 5.41) is 8.86. The van der Waals surface area contributed by atoms with Gasteiger partial charge in [-0.3, -0.25) is 4.79 Å². The van der Waals surface area contributed by atoms with Crippen LogP contribution < -0.4 is 4.74 Å². The Hall–Kier alpha value is -1.65. The second-order valence-corrected chi connectivity index (χ2v) is 3.44. The van der Waals surface area contributed by atoms with Gasteiger partial charge in [-0.05, 0) is 18.6 Å². The lowest BCUT2D eigenvalue weighted by molar-refractivity contribution is -0.138. The van der Waals surface area contributed by atoms with Crippen LogP contribution >= 0.6 is 0 Å². The first-order valence-electron chi connectivity index (χ1n) is 4.86. The molecule has 0 bridgehead atoms. The molecular formula is C11H12F2O3. The van der Waals surface area contributed by atoms with Crippen LogP contribution in [0.2, 0.25) is 0 Å². The Morgan fingerprint density at radius 2 is 2.06 bits per heavy atom. The molecule has 0 saturated carbocycles. The van der Waals surface area contributed by atoms with E-state index in [0.29, 0.717) is 6.42 Å². The topological polar surface area (TPSA) is 46.5 Å². The van der Waals surface area contributed by atoms with Crippen LogP contribution in [-0.2, 0) is 4.79 Å². The van der Waals surface area contributed by atoms with E-state index in [1.54, 1.807) is 13.8 Å². The summed E-state index contributed by atoms with van der Waals surface area (Å²) in [6.07, 6.45) is 0.543. The van der Waals surface area contributed by atoms with Gasteiger partial charge in [-0.2, -0.15) is 8.78 Å². The fraction of sp³-hybridized carbons (Fsp3) is 0.364. The Labute approximate surface area is 91.7 Å². The normalized spacial score (nSPS) is 12.2. The first kappa shape index (κ1) is 12.4. The SMILES string of the molecule is CCC(C)C(=O)Oc1ccc(O)c(F)c1F. The minimum absolute atomic E-state index is 0.392. The number of halogens is 2. The van der Waals surface area contributed by atoms with E-state index in [0.717, 1.165) is 12.1 Å². The number of phenols is 1. The van der Waals surface area contributed by atoms with Crippen molar-refractivity contribution < 1.29 is 23.4 Å². The number of carbonyl (C=O) groups is 1. The van der Waals surface area contributed by atoms with Crippen LogP contribution in [0.15, 0.2) is 12.1 Å². The molecule has 0 aromatic heterocycles. The second-order valence-electron chi connectivity index (χ2n) is 3.44. The molecule has 0 amide bonds. The largest absolute Gasteiger partial charge is 0.505 e. The molecule has 0 aliphatic rings. The number of phenolic OH excluding ortho intramolecular Hbond substituents is 1. The molecule has 1 N–H and O–H groups in total. The number of benzene rings is 1. The Bertz CT molecular complexity index is 404. The van der Waals surface area contributed by atoms with Gasteiger partial charge in [0.05, 0.1) is 5.92 Å². The third kappa shape index (κ3) is 2.48. The van der Waals surface area contributed by atoms with Crippen LogP contribution in [0.3, 0.4) is 0 Å². The van der Waals surface area contributed by atoms with Crippen molar-refractivity contribution in [1.29, 1.82) is 0 Å². The maximum Gasteiger partial charge on any atom is 0.314 e. The predicted molar refractivity (Wildman–Crippen MR) is 53.1 cm³/mol. The minimum Gasteiger partial charge on any atom is -0.505 e. The molecule has 16 heavy (non-hydrogen) atoms. The molecule has 1 aromatic carbocycles. The molecule has 5 heteroatoms. The summed E-state index contributed by atoms with van der Waals surface area (Å²) in [6.45, 7) is 3.40. The van der Waals surface area contributed by atoms with Crippen LogP contribution in [0.1, 0.15) is 20.3 Å². The highest BCUT2D eigenvalue weighted by molar-refractivity contribution is 5.74. The van der Waals surface area contributed by atoms with E-state index in [9.17, 15) is 13.6 Å². The number of carbonyl (C=O) groups excluding carboxylic acids is 1. The Morgan fingerprint density at radius 3 is 2.62 bits per heavy atom. The summed E-state index contributed by atoms with van der Waals surface area (Å²) in [5.41, 5.74) is 0. The number of rotatable bonds is 3. The molecule has 0 spiro atoms. The Kier molecular flexibility index (Phi) is 3.82. The van der Waals surface area contributed by atoms with E-state index in [4.69, 9.17) is 5.11 Å². The van der Waals surface area contributed by atoms with Crippen molar-refractivity contribution >= 4 is 5.97 Å². The maximum atomic E-state index is 13.2. The fourth-order valence-corrected chi connectivity index (χ4v) is 0.976. The number of ether oxygens (including phenoxy) is 1. The third-order valence-corrected chi connectivity index (χ3v) is 2.25. The van der Waals surface area contributed by atoms with Crippen LogP contribution in [0.4, 0.5) is 8.78 Å². The Balaban J connectivity index is 2.91. The van der Waals surface area contributed by atoms with Gasteiger partial charge in [-0.25, -0.2) is 0 Å². The van der Waals surface area contributed by atoms with Crippen molar-refractivity contribution in [3.05, 3.63) is 23.8 Å². The summed E-state index contributed by atoms with van der Waals surface area (Å²) < 4.78 is 30.8. The zero-order valence-electron chi connectivity index (χ0n) is 8.96. The van der Waals surface area contributed by atoms with E-state index < -0.39 is 35.0 Å². The van der Waals surface area contributed by atoms with Crippen molar-refractivity contribution in [2.75, 3.05) is 0 Å². The molecule has 0 aliphatic carbocycles. The van der Waals surface area contributed by atoms with Crippen molar-refractivity contribution in [3.8, 4) is 11.5 Å². The Morgan fingerprint density at radius 1 is 1.44 bits per heavy atom. The standard InChI is InChI=1S/C11H12F2O3/c1-3-6(2)11(15)16-8-5-4-7(14)9(12)10(8)13/h4-6,14H,3H2,1-2H3. The average Bonchev–Trinajstić information content (AvgIpc) is 2.28. The van der Waals surface area contributed by atoms with Gasteiger partial charge in [0.25, 0.3) is 0 Å². The summed E-state index contributed by atoms with van der Waals surface area (Å²) in [5.74, 6) is -5.14. The first-order valence-corrected chi connectivity index (χ1v) is 4.86. The lowest BCUT2D eigenvalue weighted by Crippen LogP contribution is -2.17. The fourth-order valence-electron chi connectivity index (χ4n) is 0.976. The molecule has 1 aromatic rings. The van der Waals surface area contributed by atoms with E-state index in [1.165, 1.54) is 0 Å². The molecule has 1 unspecified atom stereocenters. The summed E-state index contributed by atoms with van der Waals surface area (Å²) in [4.78, 5) is 11.3.